The van der Waals surface area contributed by atoms with Crippen molar-refractivity contribution < 1.29 is 4.79 Å². The zero-order chi connectivity index (χ0) is 16.1. The van der Waals surface area contributed by atoms with Crippen LogP contribution < -0.4 is 10.6 Å². The summed E-state index contributed by atoms with van der Waals surface area (Å²) >= 11 is 0. The largest absolute Gasteiger partial charge is 0.348 e. The van der Waals surface area contributed by atoms with E-state index in [1.807, 2.05) is 37.3 Å². The Morgan fingerprint density at radius 1 is 1.17 bits per heavy atom. The van der Waals surface area contributed by atoms with Crippen LogP contribution in [0.3, 0.4) is 0 Å². The molecule has 1 unspecified atom stereocenters. The molecule has 1 aromatic heterocycles. The van der Waals surface area contributed by atoms with Gasteiger partial charge in [0.1, 0.15) is 5.69 Å². The van der Waals surface area contributed by atoms with Gasteiger partial charge >= 0.3 is 0 Å². The quantitative estimate of drug-likeness (QED) is 0.889. The molecule has 2 N–H and O–H groups in total. The summed E-state index contributed by atoms with van der Waals surface area (Å²) in [5, 5.41) is 6.30. The highest BCUT2D eigenvalue weighted by Crippen LogP contribution is 2.19. The summed E-state index contributed by atoms with van der Waals surface area (Å²) in [6, 6.07) is 12.1. The van der Waals surface area contributed by atoms with Crippen molar-refractivity contribution in [1.29, 1.82) is 0 Å². The molecule has 1 aliphatic carbocycles. The second-order valence-electron chi connectivity index (χ2n) is 6.00. The van der Waals surface area contributed by atoms with Crippen LogP contribution in [0.4, 0.5) is 5.95 Å². The lowest BCUT2D eigenvalue weighted by atomic mass is 10.1. The van der Waals surface area contributed by atoms with E-state index in [0.29, 0.717) is 11.6 Å². The fourth-order valence-corrected chi connectivity index (χ4v) is 2.90. The summed E-state index contributed by atoms with van der Waals surface area (Å²) < 4.78 is 0. The molecule has 0 saturated heterocycles. The van der Waals surface area contributed by atoms with Crippen molar-refractivity contribution in [1.82, 2.24) is 15.3 Å². The number of carbonyl (C=O) groups excluding carboxylic acids is 1. The maximum absolute atomic E-state index is 12.3. The zero-order valence-electron chi connectivity index (χ0n) is 13.3. The topological polar surface area (TPSA) is 66.9 Å². The molecule has 0 aliphatic heterocycles. The summed E-state index contributed by atoms with van der Waals surface area (Å²) in [6.45, 7) is 2.05. The molecule has 3 rings (SSSR count). The van der Waals surface area contributed by atoms with E-state index in [1.165, 1.54) is 12.8 Å². The van der Waals surface area contributed by atoms with Gasteiger partial charge in [0.15, 0.2) is 0 Å². The van der Waals surface area contributed by atoms with Crippen LogP contribution in [0.15, 0.2) is 42.6 Å². The van der Waals surface area contributed by atoms with Gasteiger partial charge in [-0.25, -0.2) is 9.97 Å². The van der Waals surface area contributed by atoms with Crippen molar-refractivity contribution in [2.75, 3.05) is 5.32 Å². The van der Waals surface area contributed by atoms with E-state index in [4.69, 9.17) is 0 Å². The predicted octanol–water partition coefficient (Wildman–Crippen LogP) is 3.32. The first-order valence-corrected chi connectivity index (χ1v) is 8.18. The van der Waals surface area contributed by atoms with Gasteiger partial charge in [-0.2, -0.15) is 0 Å². The van der Waals surface area contributed by atoms with Crippen LogP contribution in [0.5, 0.6) is 0 Å². The third kappa shape index (κ3) is 4.06. The molecule has 0 radical (unpaired) electrons. The van der Waals surface area contributed by atoms with Gasteiger partial charge < -0.3 is 10.6 Å². The van der Waals surface area contributed by atoms with Crippen LogP contribution in [0, 0.1) is 0 Å². The van der Waals surface area contributed by atoms with Gasteiger partial charge in [-0.15, -0.1) is 0 Å². The SMILES string of the molecule is CC(Nc1nccc(C(=O)NC2CCCC2)n1)c1ccccc1. The number of hydrogen-bond donors (Lipinski definition) is 2. The van der Waals surface area contributed by atoms with E-state index >= 15 is 0 Å². The number of rotatable bonds is 5. The lowest BCUT2D eigenvalue weighted by molar-refractivity contribution is 0.0933. The first-order chi connectivity index (χ1) is 11.2. The number of carbonyl (C=O) groups is 1. The number of anilines is 1. The maximum Gasteiger partial charge on any atom is 0.270 e. The van der Waals surface area contributed by atoms with E-state index < -0.39 is 0 Å². The van der Waals surface area contributed by atoms with Crippen LogP contribution >= 0.6 is 0 Å². The zero-order valence-corrected chi connectivity index (χ0v) is 13.3. The fourth-order valence-electron chi connectivity index (χ4n) is 2.90. The van der Waals surface area contributed by atoms with Crippen molar-refractivity contribution >= 4 is 11.9 Å². The molecule has 1 saturated carbocycles. The molecule has 1 aliphatic rings. The summed E-state index contributed by atoms with van der Waals surface area (Å²) in [6.07, 6.45) is 6.13. The van der Waals surface area contributed by atoms with Crippen molar-refractivity contribution in [2.24, 2.45) is 0 Å². The van der Waals surface area contributed by atoms with E-state index in [-0.39, 0.29) is 18.0 Å². The lowest BCUT2D eigenvalue weighted by Crippen LogP contribution is -2.33. The Morgan fingerprint density at radius 2 is 1.91 bits per heavy atom. The van der Waals surface area contributed by atoms with Crippen molar-refractivity contribution in [3.8, 4) is 0 Å². The third-order valence-corrected chi connectivity index (χ3v) is 4.22. The Hall–Kier alpha value is -2.43. The van der Waals surface area contributed by atoms with Crippen LogP contribution in [0.1, 0.15) is 54.7 Å². The van der Waals surface area contributed by atoms with Crippen LogP contribution in [-0.4, -0.2) is 21.9 Å². The molecule has 23 heavy (non-hydrogen) atoms. The van der Waals surface area contributed by atoms with E-state index in [0.717, 1.165) is 18.4 Å². The molecule has 1 atom stereocenters. The maximum atomic E-state index is 12.3. The molecule has 0 spiro atoms. The van der Waals surface area contributed by atoms with Crippen LogP contribution in [-0.2, 0) is 0 Å². The van der Waals surface area contributed by atoms with Gasteiger partial charge in [0, 0.05) is 12.2 Å². The molecule has 2 aromatic rings. The van der Waals surface area contributed by atoms with Gasteiger partial charge in [0.05, 0.1) is 6.04 Å². The second-order valence-corrected chi connectivity index (χ2v) is 6.00. The number of nitrogens with one attached hydrogen (secondary N) is 2. The highest BCUT2D eigenvalue weighted by Gasteiger charge is 2.19. The van der Waals surface area contributed by atoms with E-state index in [1.54, 1.807) is 12.3 Å². The summed E-state index contributed by atoms with van der Waals surface area (Å²) in [5.41, 5.74) is 1.56. The predicted molar refractivity (Wildman–Crippen MR) is 90.2 cm³/mol. The average Bonchev–Trinajstić information content (AvgIpc) is 3.09. The molecular weight excluding hydrogens is 288 g/mol. The molecule has 1 aromatic carbocycles. The molecule has 5 heteroatoms. The minimum Gasteiger partial charge on any atom is -0.348 e. The summed E-state index contributed by atoms with van der Waals surface area (Å²) in [7, 11) is 0. The normalized spacial score (nSPS) is 16.0. The highest BCUT2D eigenvalue weighted by molar-refractivity contribution is 5.92. The summed E-state index contributed by atoms with van der Waals surface area (Å²) in [5.74, 6) is 0.357. The lowest BCUT2D eigenvalue weighted by Gasteiger charge is -2.15. The number of hydrogen-bond acceptors (Lipinski definition) is 4. The molecule has 1 amide bonds. The number of amides is 1. The van der Waals surface area contributed by atoms with Gasteiger partial charge in [-0.1, -0.05) is 43.2 Å². The number of aromatic nitrogens is 2. The standard InChI is InChI=1S/C18H22N4O/c1-13(14-7-3-2-4-8-14)20-18-19-12-11-16(22-18)17(23)21-15-9-5-6-10-15/h2-4,7-8,11-13,15H,5-6,9-10H2,1H3,(H,21,23)(H,19,20,22). The molecular formula is C18H22N4O. The Labute approximate surface area is 136 Å². The average molecular weight is 310 g/mol. The Morgan fingerprint density at radius 3 is 2.65 bits per heavy atom. The molecule has 1 fully saturated rings. The van der Waals surface area contributed by atoms with Crippen molar-refractivity contribution in [3.63, 3.8) is 0 Å². The smallest absolute Gasteiger partial charge is 0.270 e. The van der Waals surface area contributed by atoms with E-state index in [2.05, 4.69) is 20.6 Å². The van der Waals surface area contributed by atoms with E-state index in [9.17, 15) is 4.79 Å². The van der Waals surface area contributed by atoms with Gasteiger partial charge in [0.25, 0.3) is 5.91 Å². The number of benzene rings is 1. The Bertz CT molecular complexity index is 653. The minimum absolute atomic E-state index is 0.0735. The first-order valence-electron chi connectivity index (χ1n) is 8.18. The third-order valence-electron chi connectivity index (χ3n) is 4.22. The Balaban J connectivity index is 1.66. The molecule has 120 valence electrons. The van der Waals surface area contributed by atoms with Gasteiger partial charge in [-0.3, -0.25) is 4.79 Å². The van der Waals surface area contributed by atoms with Crippen LogP contribution in [0.25, 0.3) is 0 Å². The first kappa shape index (κ1) is 15.5. The van der Waals surface area contributed by atoms with Gasteiger partial charge in [-0.05, 0) is 31.4 Å². The fraction of sp³-hybridized carbons (Fsp3) is 0.389. The van der Waals surface area contributed by atoms with Crippen molar-refractivity contribution in [2.45, 2.75) is 44.7 Å². The van der Waals surface area contributed by atoms with Gasteiger partial charge in [0.2, 0.25) is 5.95 Å². The van der Waals surface area contributed by atoms with Crippen molar-refractivity contribution in [3.05, 3.63) is 53.9 Å². The second kappa shape index (κ2) is 7.22. The highest BCUT2D eigenvalue weighted by atomic mass is 16.1. The monoisotopic (exact) mass is 310 g/mol. The minimum atomic E-state index is -0.116. The molecule has 1 heterocycles. The summed E-state index contributed by atoms with van der Waals surface area (Å²) in [4.78, 5) is 20.8. The number of nitrogens with zero attached hydrogens (tertiary/aromatic N) is 2. The molecule has 0 bridgehead atoms. The Kier molecular flexibility index (Phi) is 4.86. The molecule has 5 nitrogen and oxygen atoms in total. The van der Waals surface area contributed by atoms with Crippen LogP contribution in [0.2, 0.25) is 0 Å².